The minimum Gasteiger partial charge on any atom is -0.357 e. The summed E-state index contributed by atoms with van der Waals surface area (Å²) in [4.78, 5) is 7.17. The fourth-order valence-corrected chi connectivity index (χ4v) is 5.34. The van der Waals surface area contributed by atoms with Crippen LogP contribution in [-0.4, -0.2) is 45.0 Å². The van der Waals surface area contributed by atoms with E-state index in [0.29, 0.717) is 12.5 Å². The predicted molar refractivity (Wildman–Crippen MR) is 143 cm³/mol. The van der Waals surface area contributed by atoms with Gasteiger partial charge in [-0.1, -0.05) is 54.6 Å². The average Bonchev–Trinajstić information content (AvgIpc) is 3.22. The maximum Gasteiger partial charge on any atom is 0.216 e. The molecule has 2 N–H and O–H groups in total. The molecule has 3 rings (SSSR count). The van der Waals surface area contributed by atoms with Crippen molar-refractivity contribution in [3.63, 3.8) is 0 Å². The van der Waals surface area contributed by atoms with Crippen LogP contribution in [0.3, 0.4) is 0 Å². The van der Waals surface area contributed by atoms with E-state index in [1.807, 2.05) is 38.1 Å². The monoisotopic (exact) mass is 570 g/mol. The van der Waals surface area contributed by atoms with Crippen LogP contribution in [0.2, 0.25) is 0 Å². The minimum atomic E-state index is -3.31. The molecule has 2 aromatic rings. The van der Waals surface area contributed by atoms with E-state index in [0.717, 1.165) is 43.1 Å². The summed E-state index contributed by atoms with van der Waals surface area (Å²) in [6, 6.07) is 18.2. The maximum atomic E-state index is 12.1. The van der Waals surface area contributed by atoms with Gasteiger partial charge in [0.05, 0.1) is 12.3 Å². The Balaban J connectivity index is 0.00000363. The summed E-state index contributed by atoms with van der Waals surface area (Å²) >= 11 is 0. The Hall–Kier alpha value is -1.65. The fraction of sp³-hybridized carbons (Fsp3) is 0.458. The molecule has 1 aliphatic rings. The molecule has 0 saturated carbocycles. The molecule has 1 aliphatic heterocycles. The number of aliphatic imine (C=N–C) groups is 1. The SMILES string of the molecule is CCNC(=NCc1ccc(CS(=O)(=O)NC(C)C)cc1)N1CCC(c2ccccc2)C1.I. The molecule has 2 aromatic carbocycles. The van der Waals surface area contributed by atoms with E-state index < -0.39 is 10.0 Å². The summed E-state index contributed by atoms with van der Waals surface area (Å²) in [6.07, 6.45) is 1.13. The largest absolute Gasteiger partial charge is 0.357 e. The quantitative estimate of drug-likeness (QED) is 0.285. The molecule has 0 spiro atoms. The molecule has 0 aromatic heterocycles. The van der Waals surface area contributed by atoms with Crippen molar-refractivity contribution >= 4 is 40.0 Å². The van der Waals surface area contributed by atoms with E-state index >= 15 is 0 Å². The molecule has 0 radical (unpaired) electrons. The number of halogens is 1. The first-order valence-electron chi connectivity index (χ1n) is 11.0. The summed E-state index contributed by atoms with van der Waals surface area (Å²) in [6.45, 7) is 9.07. The molecule has 0 bridgehead atoms. The molecule has 1 fully saturated rings. The summed E-state index contributed by atoms with van der Waals surface area (Å²) in [5, 5.41) is 3.42. The second-order valence-electron chi connectivity index (χ2n) is 8.36. The molecular formula is C24H35IN4O2S. The number of sulfonamides is 1. The van der Waals surface area contributed by atoms with Crippen LogP contribution >= 0.6 is 24.0 Å². The van der Waals surface area contributed by atoms with Crippen molar-refractivity contribution in [1.29, 1.82) is 0 Å². The van der Waals surface area contributed by atoms with Gasteiger partial charge in [-0.3, -0.25) is 0 Å². The number of nitrogens with zero attached hydrogens (tertiary/aromatic N) is 2. The Bertz CT molecular complexity index is 963. The third kappa shape index (κ3) is 8.04. The van der Waals surface area contributed by atoms with Crippen LogP contribution in [-0.2, 0) is 22.3 Å². The molecule has 32 heavy (non-hydrogen) atoms. The van der Waals surface area contributed by atoms with Crippen LogP contribution in [0, 0.1) is 0 Å². The first-order chi connectivity index (χ1) is 14.9. The van der Waals surface area contributed by atoms with Gasteiger partial charge in [0.2, 0.25) is 10.0 Å². The van der Waals surface area contributed by atoms with Crippen LogP contribution in [0.1, 0.15) is 49.8 Å². The van der Waals surface area contributed by atoms with Crippen LogP contribution < -0.4 is 10.0 Å². The Morgan fingerprint density at radius 2 is 1.75 bits per heavy atom. The molecular weight excluding hydrogens is 535 g/mol. The molecule has 176 valence electrons. The lowest BCUT2D eigenvalue weighted by Gasteiger charge is -2.22. The Labute approximate surface area is 210 Å². The van der Waals surface area contributed by atoms with Gasteiger partial charge in [0.15, 0.2) is 5.96 Å². The molecule has 6 nitrogen and oxygen atoms in total. The van der Waals surface area contributed by atoms with Gasteiger partial charge < -0.3 is 10.2 Å². The first-order valence-corrected chi connectivity index (χ1v) is 12.7. The van der Waals surface area contributed by atoms with Crippen molar-refractivity contribution in [2.75, 3.05) is 19.6 Å². The number of rotatable bonds is 8. The smallest absolute Gasteiger partial charge is 0.216 e. The highest BCUT2D eigenvalue weighted by Crippen LogP contribution is 2.27. The van der Waals surface area contributed by atoms with Crippen molar-refractivity contribution in [3.8, 4) is 0 Å². The normalized spacial score (nSPS) is 16.8. The van der Waals surface area contributed by atoms with Crippen molar-refractivity contribution in [2.45, 2.75) is 51.4 Å². The summed E-state index contributed by atoms with van der Waals surface area (Å²) < 4.78 is 26.8. The van der Waals surface area contributed by atoms with Gasteiger partial charge in [-0.2, -0.15) is 0 Å². The van der Waals surface area contributed by atoms with E-state index in [2.05, 4.69) is 52.2 Å². The summed E-state index contributed by atoms with van der Waals surface area (Å²) in [5.41, 5.74) is 3.23. The lowest BCUT2D eigenvalue weighted by Crippen LogP contribution is -2.40. The van der Waals surface area contributed by atoms with E-state index in [-0.39, 0.29) is 35.8 Å². The number of hydrogen-bond donors (Lipinski definition) is 2. The van der Waals surface area contributed by atoms with Crippen molar-refractivity contribution in [1.82, 2.24) is 14.9 Å². The second kappa shape index (κ2) is 12.6. The number of likely N-dealkylation sites (tertiary alicyclic amines) is 1. The Kier molecular flexibility index (Phi) is 10.4. The van der Waals surface area contributed by atoms with Gasteiger partial charge in [0.25, 0.3) is 0 Å². The first kappa shape index (κ1) is 26.6. The van der Waals surface area contributed by atoms with Crippen LogP contribution in [0.25, 0.3) is 0 Å². The Morgan fingerprint density at radius 3 is 2.38 bits per heavy atom. The average molecular weight is 571 g/mol. The van der Waals surface area contributed by atoms with E-state index in [4.69, 9.17) is 4.99 Å². The van der Waals surface area contributed by atoms with Gasteiger partial charge in [0, 0.05) is 31.6 Å². The van der Waals surface area contributed by atoms with Gasteiger partial charge in [-0.15, -0.1) is 24.0 Å². The topological polar surface area (TPSA) is 73.8 Å². The highest BCUT2D eigenvalue weighted by Gasteiger charge is 2.25. The molecule has 1 saturated heterocycles. The highest BCUT2D eigenvalue weighted by atomic mass is 127. The van der Waals surface area contributed by atoms with Crippen LogP contribution in [0.5, 0.6) is 0 Å². The Morgan fingerprint density at radius 1 is 1.09 bits per heavy atom. The number of hydrogen-bond acceptors (Lipinski definition) is 3. The van der Waals surface area contributed by atoms with E-state index in [1.54, 1.807) is 0 Å². The van der Waals surface area contributed by atoms with Crippen molar-refractivity contribution < 1.29 is 8.42 Å². The van der Waals surface area contributed by atoms with Gasteiger partial charge in [-0.25, -0.2) is 18.1 Å². The lowest BCUT2D eigenvalue weighted by atomic mass is 9.99. The maximum absolute atomic E-state index is 12.1. The molecule has 0 aliphatic carbocycles. The van der Waals surface area contributed by atoms with Gasteiger partial charge in [-0.05, 0) is 43.9 Å². The third-order valence-corrected chi connectivity index (χ3v) is 6.84. The summed E-state index contributed by atoms with van der Waals surface area (Å²) in [5.74, 6) is 1.46. The highest BCUT2D eigenvalue weighted by molar-refractivity contribution is 14.0. The molecule has 1 atom stereocenters. The third-order valence-electron chi connectivity index (χ3n) is 5.30. The molecule has 8 heteroatoms. The predicted octanol–water partition coefficient (Wildman–Crippen LogP) is 4.09. The number of nitrogens with one attached hydrogen (secondary N) is 2. The molecule has 1 unspecified atom stereocenters. The minimum absolute atomic E-state index is 0. The molecule has 1 heterocycles. The van der Waals surface area contributed by atoms with Crippen LogP contribution in [0.15, 0.2) is 59.6 Å². The zero-order valence-corrected chi connectivity index (χ0v) is 22.3. The fourth-order valence-electron chi connectivity index (χ4n) is 3.90. The zero-order valence-electron chi connectivity index (χ0n) is 19.1. The standard InChI is InChI=1S/C24H34N4O2S.HI/c1-4-25-24(28-15-14-23(17-28)22-8-6-5-7-9-22)26-16-20-10-12-21(13-11-20)18-31(29,30)27-19(2)3;/h5-13,19,23,27H,4,14-18H2,1-3H3,(H,25,26);1H. The molecule has 0 amide bonds. The number of benzene rings is 2. The zero-order chi connectivity index (χ0) is 22.3. The lowest BCUT2D eigenvalue weighted by molar-refractivity contribution is 0.486. The van der Waals surface area contributed by atoms with E-state index in [1.165, 1.54) is 5.56 Å². The second-order valence-corrected chi connectivity index (χ2v) is 10.1. The van der Waals surface area contributed by atoms with Crippen molar-refractivity contribution in [2.24, 2.45) is 4.99 Å². The van der Waals surface area contributed by atoms with E-state index in [9.17, 15) is 8.42 Å². The van der Waals surface area contributed by atoms with Crippen LogP contribution in [0.4, 0.5) is 0 Å². The van der Waals surface area contributed by atoms with Gasteiger partial charge >= 0.3 is 0 Å². The van der Waals surface area contributed by atoms with Gasteiger partial charge in [0.1, 0.15) is 0 Å². The summed E-state index contributed by atoms with van der Waals surface area (Å²) in [7, 11) is -3.31. The van der Waals surface area contributed by atoms with Crippen molar-refractivity contribution in [3.05, 3.63) is 71.3 Å². The number of guanidine groups is 1.